The summed E-state index contributed by atoms with van der Waals surface area (Å²) < 4.78 is 0. The van der Waals surface area contributed by atoms with Gasteiger partial charge in [-0.2, -0.15) is 0 Å². The number of hydrogen-bond acceptors (Lipinski definition) is 3. The van der Waals surface area contributed by atoms with Crippen LogP contribution in [0, 0.1) is 13.8 Å². The first-order chi connectivity index (χ1) is 7.98. The third kappa shape index (κ3) is 2.99. The van der Waals surface area contributed by atoms with Crippen LogP contribution < -0.4 is 10.2 Å². The van der Waals surface area contributed by atoms with Crippen molar-refractivity contribution < 1.29 is 5.11 Å². The zero-order valence-electron chi connectivity index (χ0n) is 11.0. The van der Waals surface area contributed by atoms with E-state index < -0.39 is 5.60 Å². The van der Waals surface area contributed by atoms with Crippen molar-refractivity contribution in [2.75, 3.05) is 31.1 Å². The molecule has 1 aliphatic heterocycles. The third-order valence-corrected chi connectivity index (χ3v) is 3.30. The molecule has 1 atom stereocenters. The van der Waals surface area contributed by atoms with E-state index in [0.717, 1.165) is 13.1 Å². The van der Waals surface area contributed by atoms with Crippen LogP contribution in [0.1, 0.15) is 18.1 Å². The van der Waals surface area contributed by atoms with E-state index in [1.165, 1.54) is 16.8 Å². The molecule has 1 aromatic rings. The van der Waals surface area contributed by atoms with Gasteiger partial charge in [-0.1, -0.05) is 12.1 Å². The van der Waals surface area contributed by atoms with Gasteiger partial charge >= 0.3 is 0 Å². The lowest BCUT2D eigenvalue weighted by Gasteiger charge is -2.30. The zero-order chi connectivity index (χ0) is 12.5. The average Bonchev–Trinajstić information content (AvgIpc) is 2.43. The van der Waals surface area contributed by atoms with Crippen molar-refractivity contribution in [3.8, 4) is 0 Å². The summed E-state index contributed by atoms with van der Waals surface area (Å²) in [5, 5.41) is 13.5. The molecule has 0 spiro atoms. The van der Waals surface area contributed by atoms with Gasteiger partial charge in [0.1, 0.15) is 0 Å². The molecule has 17 heavy (non-hydrogen) atoms. The molecule has 1 aromatic carbocycles. The first-order valence-electron chi connectivity index (χ1n) is 6.23. The minimum Gasteiger partial charge on any atom is -0.387 e. The maximum Gasteiger partial charge on any atom is 0.0917 e. The third-order valence-electron chi connectivity index (χ3n) is 3.30. The van der Waals surface area contributed by atoms with E-state index in [-0.39, 0.29) is 0 Å². The lowest BCUT2D eigenvalue weighted by molar-refractivity contribution is 0.0729. The highest BCUT2D eigenvalue weighted by molar-refractivity contribution is 5.55. The Balaban J connectivity index is 2.28. The molecule has 0 aliphatic carbocycles. The van der Waals surface area contributed by atoms with Crippen molar-refractivity contribution in [1.82, 2.24) is 5.32 Å². The fraction of sp³-hybridized carbons (Fsp3) is 0.571. The number of nitrogens with zero attached hydrogens (tertiary/aromatic N) is 1. The Kier molecular flexibility index (Phi) is 3.40. The molecule has 1 unspecified atom stereocenters. The maximum absolute atomic E-state index is 10.2. The van der Waals surface area contributed by atoms with E-state index in [1.807, 2.05) is 6.92 Å². The van der Waals surface area contributed by atoms with Gasteiger partial charge in [0.15, 0.2) is 0 Å². The van der Waals surface area contributed by atoms with Gasteiger partial charge < -0.3 is 15.3 Å². The van der Waals surface area contributed by atoms with Crippen molar-refractivity contribution in [2.24, 2.45) is 0 Å². The second-order valence-electron chi connectivity index (χ2n) is 5.39. The number of rotatable bonds is 1. The Bertz CT molecular complexity index is 401. The summed E-state index contributed by atoms with van der Waals surface area (Å²) in [7, 11) is 0. The summed E-state index contributed by atoms with van der Waals surface area (Å²) in [5.74, 6) is 0. The molecule has 2 N–H and O–H groups in total. The van der Waals surface area contributed by atoms with Crippen LogP contribution >= 0.6 is 0 Å². The molecule has 94 valence electrons. The summed E-state index contributed by atoms with van der Waals surface area (Å²) in [4.78, 5) is 2.28. The van der Waals surface area contributed by atoms with Crippen molar-refractivity contribution in [2.45, 2.75) is 26.4 Å². The van der Waals surface area contributed by atoms with Gasteiger partial charge in [0.05, 0.1) is 5.60 Å². The smallest absolute Gasteiger partial charge is 0.0917 e. The summed E-state index contributed by atoms with van der Waals surface area (Å²) in [6, 6.07) is 6.49. The van der Waals surface area contributed by atoms with Crippen LogP contribution in [0.4, 0.5) is 5.69 Å². The van der Waals surface area contributed by atoms with Crippen molar-refractivity contribution in [3.05, 3.63) is 29.3 Å². The first kappa shape index (κ1) is 12.4. The molecule has 0 bridgehead atoms. The fourth-order valence-electron chi connectivity index (χ4n) is 2.38. The number of anilines is 1. The maximum atomic E-state index is 10.2. The van der Waals surface area contributed by atoms with Crippen LogP contribution in [0.2, 0.25) is 0 Å². The molecule has 1 fully saturated rings. The Labute approximate surface area is 103 Å². The Morgan fingerprint density at radius 1 is 1.35 bits per heavy atom. The molecule has 0 amide bonds. The van der Waals surface area contributed by atoms with Crippen LogP contribution in [-0.2, 0) is 0 Å². The molecule has 3 heteroatoms. The van der Waals surface area contributed by atoms with E-state index in [1.54, 1.807) is 0 Å². The fourth-order valence-corrected chi connectivity index (χ4v) is 2.38. The molecule has 0 saturated carbocycles. The second kappa shape index (κ2) is 4.67. The standard InChI is InChI=1S/C14H22N2O/c1-11-4-5-12(2)13(8-11)16-7-6-15-9-14(3,17)10-16/h4-5,8,15,17H,6-7,9-10H2,1-3H3. The highest BCUT2D eigenvalue weighted by atomic mass is 16.3. The van der Waals surface area contributed by atoms with E-state index >= 15 is 0 Å². The van der Waals surface area contributed by atoms with Crippen LogP contribution in [-0.4, -0.2) is 36.9 Å². The van der Waals surface area contributed by atoms with Gasteiger partial charge in [0.2, 0.25) is 0 Å². The predicted molar refractivity (Wildman–Crippen MR) is 71.6 cm³/mol. The van der Waals surface area contributed by atoms with Gasteiger partial charge in [-0.3, -0.25) is 0 Å². The van der Waals surface area contributed by atoms with E-state index in [2.05, 4.69) is 42.3 Å². The van der Waals surface area contributed by atoms with Gasteiger partial charge in [-0.15, -0.1) is 0 Å². The minimum atomic E-state index is -0.660. The summed E-state index contributed by atoms with van der Waals surface area (Å²) in [6.45, 7) is 9.34. The molecular formula is C14H22N2O. The van der Waals surface area contributed by atoms with Gasteiger partial charge in [-0.05, 0) is 38.0 Å². The molecule has 0 radical (unpaired) electrons. The Hall–Kier alpha value is -1.06. The molecule has 2 rings (SSSR count). The topological polar surface area (TPSA) is 35.5 Å². The van der Waals surface area contributed by atoms with Crippen molar-refractivity contribution >= 4 is 5.69 Å². The minimum absolute atomic E-state index is 0.660. The number of nitrogens with one attached hydrogen (secondary N) is 1. The lowest BCUT2D eigenvalue weighted by Crippen LogP contribution is -2.43. The SMILES string of the molecule is Cc1ccc(C)c(N2CCNCC(C)(O)C2)c1. The Morgan fingerprint density at radius 3 is 2.88 bits per heavy atom. The zero-order valence-corrected chi connectivity index (χ0v) is 11.0. The van der Waals surface area contributed by atoms with Crippen molar-refractivity contribution in [3.63, 3.8) is 0 Å². The van der Waals surface area contributed by atoms with E-state index in [9.17, 15) is 5.11 Å². The number of benzene rings is 1. The predicted octanol–water partition coefficient (Wildman–Crippen LogP) is 1.46. The summed E-state index contributed by atoms with van der Waals surface area (Å²) >= 11 is 0. The highest BCUT2D eigenvalue weighted by Gasteiger charge is 2.27. The van der Waals surface area contributed by atoms with Crippen LogP contribution in [0.5, 0.6) is 0 Å². The summed E-state index contributed by atoms with van der Waals surface area (Å²) in [6.07, 6.45) is 0. The van der Waals surface area contributed by atoms with E-state index in [0.29, 0.717) is 13.1 Å². The van der Waals surface area contributed by atoms with Gasteiger partial charge in [0, 0.05) is 31.9 Å². The van der Waals surface area contributed by atoms with Crippen LogP contribution in [0.25, 0.3) is 0 Å². The second-order valence-corrected chi connectivity index (χ2v) is 5.39. The highest BCUT2D eigenvalue weighted by Crippen LogP contribution is 2.23. The average molecular weight is 234 g/mol. The van der Waals surface area contributed by atoms with E-state index in [4.69, 9.17) is 0 Å². The van der Waals surface area contributed by atoms with Gasteiger partial charge in [0.25, 0.3) is 0 Å². The number of aryl methyl sites for hydroxylation is 2. The molecule has 1 saturated heterocycles. The lowest BCUT2D eigenvalue weighted by atomic mass is 10.1. The Morgan fingerprint density at radius 2 is 2.12 bits per heavy atom. The van der Waals surface area contributed by atoms with Gasteiger partial charge in [-0.25, -0.2) is 0 Å². The first-order valence-corrected chi connectivity index (χ1v) is 6.23. The molecular weight excluding hydrogens is 212 g/mol. The molecule has 1 heterocycles. The largest absolute Gasteiger partial charge is 0.387 e. The molecule has 0 aromatic heterocycles. The van der Waals surface area contributed by atoms with Crippen molar-refractivity contribution in [1.29, 1.82) is 0 Å². The number of β-amino-alcohol motifs (C(OH)–C–C–N with tert-alkyl or cyclic N) is 1. The monoisotopic (exact) mass is 234 g/mol. The molecule has 3 nitrogen and oxygen atoms in total. The number of aliphatic hydroxyl groups is 1. The quantitative estimate of drug-likeness (QED) is 0.772. The van der Waals surface area contributed by atoms with Crippen LogP contribution in [0.15, 0.2) is 18.2 Å². The normalized spacial score (nSPS) is 25.8. The number of hydrogen-bond donors (Lipinski definition) is 2. The van der Waals surface area contributed by atoms with Crippen LogP contribution in [0.3, 0.4) is 0 Å². The molecule has 1 aliphatic rings. The summed E-state index contributed by atoms with van der Waals surface area (Å²) in [5.41, 5.74) is 3.12.